The van der Waals surface area contributed by atoms with E-state index in [1.54, 1.807) is 12.3 Å². The summed E-state index contributed by atoms with van der Waals surface area (Å²) in [6.45, 7) is 0. The molecule has 112 valence electrons. The number of fused-ring (bicyclic) bond motifs is 1. The summed E-state index contributed by atoms with van der Waals surface area (Å²) in [5, 5.41) is 13.9. The number of aromatic hydroxyl groups is 1. The third-order valence-electron chi connectivity index (χ3n) is 3.04. The fourth-order valence-electron chi connectivity index (χ4n) is 2.00. The van der Waals surface area contributed by atoms with E-state index in [4.69, 9.17) is 4.74 Å². The number of aromatic nitrogens is 2. The van der Waals surface area contributed by atoms with Crippen LogP contribution in [0.5, 0.6) is 11.5 Å². The van der Waals surface area contributed by atoms with E-state index in [1.165, 1.54) is 7.11 Å². The van der Waals surface area contributed by atoms with E-state index < -0.39 is 0 Å². The largest absolute Gasteiger partial charge is 0.504 e. The SMILES string of the molecule is COc1cc(/C=N\Nc2nc3ccccc3[nH]2)cc(I)c1O. The van der Waals surface area contributed by atoms with Gasteiger partial charge in [0.25, 0.3) is 0 Å². The van der Waals surface area contributed by atoms with Gasteiger partial charge in [0, 0.05) is 0 Å². The van der Waals surface area contributed by atoms with Crippen LogP contribution in [-0.2, 0) is 0 Å². The molecule has 7 heteroatoms. The topological polar surface area (TPSA) is 82.5 Å². The number of hydrogen-bond donors (Lipinski definition) is 3. The summed E-state index contributed by atoms with van der Waals surface area (Å²) in [4.78, 5) is 7.49. The Balaban J connectivity index is 1.78. The number of rotatable bonds is 4. The van der Waals surface area contributed by atoms with Gasteiger partial charge in [-0.25, -0.2) is 10.4 Å². The molecule has 0 radical (unpaired) electrons. The maximum absolute atomic E-state index is 9.80. The van der Waals surface area contributed by atoms with Crippen molar-refractivity contribution in [3.63, 3.8) is 0 Å². The average molecular weight is 408 g/mol. The van der Waals surface area contributed by atoms with Crippen molar-refractivity contribution in [1.82, 2.24) is 9.97 Å². The van der Waals surface area contributed by atoms with Crippen molar-refractivity contribution < 1.29 is 9.84 Å². The normalized spacial score (nSPS) is 11.2. The van der Waals surface area contributed by atoms with E-state index >= 15 is 0 Å². The van der Waals surface area contributed by atoms with Crippen LogP contribution >= 0.6 is 22.6 Å². The highest BCUT2D eigenvalue weighted by Crippen LogP contribution is 2.31. The van der Waals surface area contributed by atoms with Gasteiger partial charge in [0.1, 0.15) is 0 Å². The second-order valence-corrected chi connectivity index (χ2v) is 5.69. The Morgan fingerprint density at radius 3 is 2.95 bits per heavy atom. The first-order valence-electron chi connectivity index (χ1n) is 6.47. The molecule has 3 rings (SSSR count). The molecule has 0 fully saturated rings. The number of phenolic OH excluding ortho intramolecular Hbond substituents is 1. The molecular formula is C15H13IN4O2. The van der Waals surface area contributed by atoms with Crippen LogP contribution in [0.25, 0.3) is 11.0 Å². The molecule has 0 saturated carbocycles. The Bertz CT molecular complexity index is 812. The van der Waals surface area contributed by atoms with Gasteiger partial charge in [-0.1, -0.05) is 12.1 Å². The van der Waals surface area contributed by atoms with Crippen molar-refractivity contribution in [3.8, 4) is 11.5 Å². The van der Waals surface area contributed by atoms with Crippen LogP contribution in [0.3, 0.4) is 0 Å². The van der Waals surface area contributed by atoms with E-state index in [9.17, 15) is 5.11 Å². The average Bonchev–Trinajstić information content (AvgIpc) is 2.93. The van der Waals surface area contributed by atoms with Gasteiger partial charge in [-0.15, -0.1) is 0 Å². The van der Waals surface area contributed by atoms with E-state index in [0.29, 0.717) is 15.3 Å². The van der Waals surface area contributed by atoms with Gasteiger partial charge >= 0.3 is 0 Å². The van der Waals surface area contributed by atoms with E-state index in [1.807, 2.05) is 52.9 Å². The van der Waals surface area contributed by atoms with Gasteiger partial charge in [0.05, 0.1) is 27.9 Å². The van der Waals surface area contributed by atoms with Crippen LogP contribution in [0.2, 0.25) is 0 Å². The number of phenols is 1. The highest BCUT2D eigenvalue weighted by atomic mass is 127. The quantitative estimate of drug-likeness (QED) is 0.352. The fraction of sp³-hybridized carbons (Fsp3) is 0.0667. The maximum atomic E-state index is 9.80. The molecule has 0 atom stereocenters. The molecule has 0 unspecified atom stereocenters. The molecule has 0 aliphatic carbocycles. The lowest BCUT2D eigenvalue weighted by Gasteiger charge is -2.06. The number of imidazole rings is 1. The summed E-state index contributed by atoms with van der Waals surface area (Å²) < 4.78 is 5.81. The first kappa shape index (κ1) is 14.6. The summed E-state index contributed by atoms with van der Waals surface area (Å²) in [6, 6.07) is 11.3. The summed E-state index contributed by atoms with van der Waals surface area (Å²) in [5.74, 6) is 1.11. The number of ether oxygens (including phenoxy) is 1. The van der Waals surface area contributed by atoms with Crippen LogP contribution in [0, 0.1) is 3.57 Å². The number of nitrogens with zero attached hydrogens (tertiary/aromatic N) is 2. The van der Waals surface area contributed by atoms with Crippen LogP contribution in [0.1, 0.15) is 5.56 Å². The first-order chi connectivity index (χ1) is 10.7. The number of methoxy groups -OCH3 is 1. The molecular weight excluding hydrogens is 395 g/mol. The second-order valence-electron chi connectivity index (χ2n) is 4.53. The predicted molar refractivity (Wildman–Crippen MR) is 94.7 cm³/mol. The predicted octanol–water partition coefficient (Wildman–Crippen LogP) is 3.33. The van der Waals surface area contributed by atoms with Crippen molar-refractivity contribution in [3.05, 3.63) is 45.5 Å². The number of para-hydroxylation sites is 2. The van der Waals surface area contributed by atoms with Crippen molar-refractivity contribution in [2.45, 2.75) is 0 Å². The maximum Gasteiger partial charge on any atom is 0.222 e. The van der Waals surface area contributed by atoms with E-state index in [-0.39, 0.29) is 5.75 Å². The summed E-state index contributed by atoms with van der Waals surface area (Å²) >= 11 is 2.04. The molecule has 0 bridgehead atoms. The molecule has 0 spiro atoms. The molecule has 0 aliphatic rings. The number of benzene rings is 2. The highest BCUT2D eigenvalue weighted by molar-refractivity contribution is 14.1. The third kappa shape index (κ3) is 2.98. The lowest BCUT2D eigenvalue weighted by Crippen LogP contribution is -1.94. The van der Waals surface area contributed by atoms with Crippen molar-refractivity contribution in [1.29, 1.82) is 0 Å². The van der Waals surface area contributed by atoms with Gasteiger partial charge in [0.15, 0.2) is 11.5 Å². The number of H-pyrrole nitrogens is 1. The third-order valence-corrected chi connectivity index (χ3v) is 3.87. The Kier molecular flexibility index (Phi) is 4.14. The number of halogens is 1. The van der Waals surface area contributed by atoms with Crippen LogP contribution < -0.4 is 10.2 Å². The number of nitrogens with one attached hydrogen (secondary N) is 2. The number of anilines is 1. The lowest BCUT2D eigenvalue weighted by molar-refractivity contribution is 0.371. The van der Waals surface area contributed by atoms with E-state index in [2.05, 4.69) is 20.5 Å². The molecule has 3 aromatic rings. The zero-order valence-corrected chi connectivity index (χ0v) is 13.8. The number of hydrogen-bond acceptors (Lipinski definition) is 5. The Hall–Kier alpha value is -2.29. The zero-order valence-electron chi connectivity index (χ0n) is 11.7. The second kappa shape index (κ2) is 6.22. The molecule has 0 amide bonds. The van der Waals surface area contributed by atoms with E-state index in [0.717, 1.165) is 16.6 Å². The van der Waals surface area contributed by atoms with Crippen LogP contribution in [0.4, 0.5) is 5.95 Å². The number of hydrazone groups is 1. The Labute approximate surface area is 140 Å². The molecule has 22 heavy (non-hydrogen) atoms. The molecule has 1 heterocycles. The minimum Gasteiger partial charge on any atom is -0.504 e. The monoisotopic (exact) mass is 408 g/mol. The fourth-order valence-corrected chi connectivity index (χ4v) is 2.62. The van der Waals surface area contributed by atoms with Gasteiger partial charge in [-0.05, 0) is 52.4 Å². The van der Waals surface area contributed by atoms with Crippen molar-refractivity contribution in [2.75, 3.05) is 12.5 Å². The van der Waals surface area contributed by atoms with Gasteiger partial charge in [0.2, 0.25) is 5.95 Å². The van der Waals surface area contributed by atoms with Gasteiger partial charge in [-0.3, -0.25) is 0 Å². The number of aromatic amines is 1. The van der Waals surface area contributed by atoms with Crippen LogP contribution in [0.15, 0.2) is 41.5 Å². The summed E-state index contributed by atoms with van der Waals surface area (Å²) in [7, 11) is 1.51. The zero-order chi connectivity index (χ0) is 15.5. The molecule has 1 aromatic heterocycles. The summed E-state index contributed by atoms with van der Waals surface area (Å²) in [5.41, 5.74) is 5.48. The van der Waals surface area contributed by atoms with Crippen LogP contribution in [-0.4, -0.2) is 28.4 Å². The van der Waals surface area contributed by atoms with Crippen molar-refractivity contribution in [2.24, 2.45) is 5.10 Å². The summed E-state index contributed by atoms with van der Waals surface area (Å²) in [6.07, 6.45) is 1.64. The van der Waals surface area contributed by atoms with Gasteiger partial charge in [-0.2, -0.15) is 5.10 Å². The highest BCUT2D eigenvalue weighted by Gasteiger charge is 2.07. The van der Waals surface area contributed by atoms with Crippen molar-refractivity contribution >= 4 is 45.8 Å². The molecule has 3 N–H and O–H groups in total. The lowest BCUT2D eigenvalue weighted by atomic mass is 10.2. The smallest absolute Gasteiger partial charge is 0.222 e. The minimum atomic E-state index is 0.130. The van der Waals surface area contributed by atoms with Gasteiger partial charge < -0.3 is 14.8 Å². The Morgan fingerprint density at radius 1 is 1.36 bits per heavy atom. The minimum absolute atomic E-state index is 0.130. The molecule has 0 saturated heterocycles. The first-order valence-corrected chi connectivity index (χ1v) is 7.55. The molecule has 0 aliphatic heterocycles. The molecule has 6 nitrogen and oxygen atoms in total. The Morgan fingerprint density at radius 2 is 2.18 bits per heavy atom. The standard InChI is InChI=1S/C15H13IN4O2/c1-22-13-7-9(6-10(16)14(13)21)8-17-20-15-18-11-4-2-3-5-12(11)19-15/h2-8,21H,1H3,(H2,18,19,20)/b17-8-. The molecule has 2 aromatic carbocycles.